The molecule has 0 atom stereocenters. The van der Waals surface area contributed by atoms with Gasteiger partial charge in [0.1, 0.15) is 5.69 Å². The number of anilines is 1. The maximum Gasteiger partial charge on any atom is 0.200 e. The predicted octanol–water partition coefficient (Wildman–Crippen LogP) is 3.80. The Labute approximate surface area is 111 Å². The molecule has 0 aliphatic heterocycles. The summed E-state index contributed by atoms with van der Waals surface area (Å²) in [5, 5.41) is 1.88. The quantitative estimate of drug-likeness (QED) is 0.276. The lowest BCUT2D eigenvalue weighted by Crippen LogP contribution is -2.06. The van der Waals surface area contributed by atoms with Crippen molar-refractivity contribution in [2.75, 3.05) is 5.32 Å². The van der Waals surface area contributed by atoms with E-state index in [2.05, 4.69) is 12.0 Å². The molecule has 2 rings (SSSR count). The van der Waals surface area contributed by atoms with Crippen LogP contribution in [0.4, 0.5) is 27.6 Å². The molecule has 0 saturated heterocycles. The van der Waals surface area contributed by atoms with E-state index in [1.807, 2.05) is 5.32 Å². The van der Waals surface area contributed by atoms with E-state index in [9.17, 15) is 22.0 Å². The summed E-state index contributed by atoms with van der Waals surface area (Å²) in [6.45, 7) is 0. The maximum atomic E-state index is 13.3. The molecule has 6 heteroatoms. The molecule has 0 spiro atoms. The van der Waals surface area contributed by atoms with Gasteiger partial charge in [-0.25, -0.2) is 22.0 Å². The van der Waals surface area contributed by atoms with Crippen LogP contribution in [0.1, 0.15) is 5.56 Å². The highest BCUT2D eigenvalue weighted by Crippen LogP contribution is 2.26. The summed E-state index contributed by atoms with van der Waals surface area (Å²) < 4.78 is 65.2. The largest absolute Gasteiger partial charge is 0.309 e. The summed E-state index contributed by atoms with van der Waals surface area (Å²) in [4.78, 5) is 0. The molecule has 1 N–H and O–H groups in total. The van der Waals surface area contributed by atoms with Crippen LogP contribution in [0, 0.1) is 41.1 Å². The molecule has 0 fully saturated rings. The van der Waals surface area contributed by atoms with Crippen LogP contribution < -0.4 is 5.32 Å². The van der Waals surface area contributed by atoms with Crippen molar-refractivity contribution in [1.29, 1.82) is 0 Å². The summed E-state index contributed by atoms with van der Waals surface area (Å²) in [5.74, 6) is -7.69. The molecule has 0 aliphatic rings. The minimum atomic E-state index is -2.21. The highest BCUT2D eigenvalue weighted by atomic mass is 19.2. The van der Waals surface area contributed by atoms with Crippen LogP contribution >= 0.6 is 0 Å². The van der Waals surface area contributed by atoms with E-state index in [0.717, 1.165) is 0 Å². The Morgan fingerprint density at radius 1 is 0.700 bits per heavy atom. The van der Waals surface area contributed by atoms with Gasteiger partial charge in [-0.15, -0.1) is 0 Å². The summed E-state index contributed by atoms with van der Waals surface area (Å²) in [5.41, 5.74) is -0.659. The summed E-state index contributed by atoms with van der Waals surface area (Å²) in [6.07, 6.45) is 0. The van der Waals surface area contributed by atoms with Crippen molar-refractivity contribution in [3.05, 3.63) is 65.0 Å². The lowest BCUT2D eigenvalue weighted by Gasteiger charge is -2.05. The molecule has 0 aliphatic carbocycles. The van der Waals surface area contributed by atoms with Crippen LogP contribution in [0.15, 0.2) is 30.3 Å². The van der Waals surface area contributed by atoms with E-state index >= 15 is 0 Å². The number of halogens is 5. The third-order valence-corrected chi connectivity index (χ3v) is 2.38. The molecule has 0 radical (unpaired) electrons. The van der Waals surface area contributed by atoms with Gasteiger partial charge >= 0.3 is 0 Å². The first-order valence-corrected chi connectivity index (χ1v) is 5.36. The third kappa shape index (κ3) is 2.57. The van der Waals surface area contributed by atoms with Crippen molar-refractivity contribution >= 4 is 5.69 Å². The second-order valence-electron chi connectivity index (χ2n) is 3.69. The fourth-order valence-electron chi connectivity index (χ4n) is 1.40. The monoisotopic (exact) mass is 283 g/mol. The molecule has 2 aromatic carbocycles. The Kier molecular flexibility index (Phi) is 3.89. The van der Waals surface area contributed by atoms with E-state index in [4.69, 9.17) is 0 Å². The Morgan fingerprint density at radius 3 is 1.75 bits per heavy atom. The molecule has 0 amide bonds. The molecular weight excluding hydrogens is 277 g/mol. The molecule has 0 heterocycles. The second kappa shape index (κ2) is 5.61. The van der Waals surface area contributed by atoms with E-state index in [-0.39, 0.29) is 0 Å². The van der Waals surface area contributed by atoms with Crippen molar-refractivity contribution in [2.45, 2.75) is 0 Å². The van der Waals surface area contributed by atoms with Crippen LogP contribution in [0.5, 0.6) is 0 Å². The van der Waals surface area contributed by atoms with Gasteiger partial charge in [-0.3, -0.25) is 0 Å². The summed E-state index contributed by atoms with van der Waals surface area (Å²) in [7, 11) is 0. The third-order valence-electron chi connectivity index (χ3n) is 2.38. The van der Waals surface area contributed by atoms with Crippen molar-refractivity contribution in [2.24, 2.45) is 0 Å². The zero-order valence-corrected chi connectivity index (χ0v) is 9.78. The van der Waals surface area contributed by atoms with Crippen molar-refractivity contribution < 1.29 is 22.0 Å². The van der Waals surface area contributed by atoms with Gasteiger partial charge in [0.2, 0.25) is 5.82 Å². The van der Waals surface area contributed by atoms with E-state index < -0.39 is 34.8 Å². The minimum absolute atomic E-state index is 0.517. The van der Waals surface area contributed by atoms with E-state index in [1.54, 1.807) is 30.3 Å². The lowest BCUT2D eigenvalue weighted by molar-refractivity contribution is 0.382. The standard InChI is InChI=1S/C14H6F5N/c15-9-10(16)12(18)14(13(19)11(9)17)20-7-6-8-4-2-1-3-5-8/h1-5,20H. The number of nitrogens with one attached hydrogen (secondary N) is 1. The van der Waals surface area contributed by atoms with Crippen molar-refractivity contribution in [3.8, 4) is 12.0 Å². The minimum Gasteiger partial charge on any atom is -0.309 e. The van der Waals surface area contributed by atoms with E-state index in [0.29, 0.717) is 5.56 Å². The zero-order valence-electron chi connectivity index (χ0n) is 9.78. The first-order valence-electron chi connectivity index (χ1n) is 5.36. The fourth-order valence-corrected chi connectivity index (χ4v) is 1.40. The molecule has 0 bridgehead atoms. The maximum absolute atomic E-state index is 13.3. The zero-order chi connectivity index (χ0) is 14.7. The van der Waals surface area contributed by atoms with Crippen LogP contribution in [0.3, 0.4) is 0 Å². The smallest absolute Gasteiger partial charge is 0.200 e. The number of hydrogen-bond acceptors (Lipinski definition) is 1. The SMILES string of the molecule is Fc1c(F)c(F)c(NC#Cc2ccccc2)c(F)c1F. The van der Waals surface area contributed by atoms with Gasteiger partial charge in [-0.05, 0) is 18.1 Å². The summed E-state index contributed by atoms with van der Waals surface area (Å²) in [6, 6.07) is 10.5. The Bertz CT molecular complexity index is 672. The van der Waals surface area contributed by atoms with Crippen molar-refractivity contribution in [3.63, 3.8) is 0 Å². The van der Waals surface area contributed by atoms with E-state index in [1.165, 1.54) is 0 Å². The van der Waals surface area contributed by atoms with Crippen LogP contribution in [0.2, 0.25) is 0 Å². The summed E-state index contributed by atoms with van der Waals surface area (Å²) >= 11 is 0. The van der Waals surface area contributed by atoms with Gasteiger partial charge in [-0.1, -0.05) is 18.2 Å². The molecular formula is C14H6F5N. The lowest BCUT2D eigenvalue weighted by atomic mass is 10.2. The molecule has 2 aromatic rings. The van der Waals surface area contributed by atoms with Gasteiger partial charge < -0.3 is 5.32 Å². The van der Waals surface area contributed by atoms with Crippen LogP contribution in [-0.2, 0) is 0 Å². The number of rotatable bonds is 1. The molecule has 1 nitrogen and oxygen atoms in total. The highest BCUT2D eigenvalue weighted by molar-refractivity contribution is 5.52. The fraction of sp³-hybridized carbons (Fsp3) is 0. The second-order valence-corrected chi connectivity index (χ2v) is 3.69. The average molecular weight is 283 g/mol. The van der Waals surface area contributed by atoms with Gasteiger partial charge in [0.15, 0.2) is 23.3 Å². The Morgan fingerprint density at radius 2 is 1.20 bits per heavy atom. The Hall–Kier alpha value is -2.55. The highest BCUT2D eigenvalue weighted by Gasteiger charge is 2.25. The average Bonchev–Trinajstić information content (AvgIpc) is 2.48. The van der Waals surface area contributed by atoms with Crippen LogP contribution in [-0.4, -0.2) is 0 Å². The van der Waals surface area contributed by atoms with Gasteiger partial charge in [-0.2, -0.15) is 0 Å². The van der Waals surface area contributed by atoms with Crippen LogP contribution in [0.25, 0.3) is 0 Å². The molecule has 0 saturated carbocycles. The topological polar surface area (TPSA) is 12.0 Å². The first-order chi connectivity index (χ1) is 9.52. The molecule has 102 valence electrons. The van der Waals surface area contributed by atoms with Crippen molar-refractivity contribution in [1.82, 2.24) is 0 Å². The first kappa shape index (κ1) is 13.9. The molecule has 20 heavy (non-hydrogen) atoms. The molecule has 0 unspecified atom stereocenters. The number of hydrogen-bond donors (Lipinski definition) is 1. The number of benzene rings is 2. The van der Waals surface area contributed by atoms with Gasteiger partial charge in [0.25, 0.3) is 0 Å². The van der Waals surface area contributed by atoms with Gasteiger partial charge in [0.05, 0.1) is 0 Å². The Balaban J connectivity index is 2.34. The normalized spacial score (nSPS) is 9.85. The predicted molar refractivity (Wildman–Crippen MR) is 63.2 cm³/mol. The van der Waals surface area contributed by atoms with Gasteiger partial charge in [0, 0.05) is 11.6 Å². The molecule has 0 aromatic heterocycles.